The Morgan fingerprint density at radius 2 is 1.84 bits per heavy atom. The fraction of sp³-hybridized carbons (Fsp3) is 0.294. The molecule has 220 valence electrons. The number of pyridine rings is 1. The molecule has 2 aromatic carbocycles. The standard InChI is InChI=1S/C34H33ClN4O4/c1-39-28-19-23(11-14-25(28)30(22-7-2-3-8-22)31(39)27-9-4-5-18-36-27)32(42)38-34(16-6-17-34)33(43)37-24-13-10-21(26(35)20-24)12-15-29(40)41/h4-5,9-15,18-20,22H,2-3,6-8,16-17H2,1H3,(H,37,43)(H,38,42)(H,40,41)/b15-12+. The Hall–Kier alpha value is -4.43. The predicted molar refractivity (Wildman–Crippen MR) is 168 cm³/mol. The molecule has 0 aliphatic heterocycles. The summed E-state index contributed by atoms with van der Waals surface area (Å²) in [4.78, 5) is 42.5. The van der Waals surface area contributed by atoms with Crippen molar-refractivity contribution in [3.8, 4) is 11.4 Å². The summed E-state index contributed by atoms with van der Waals surface area (Å²) < 4.78 is 2.15. The van der Waals surface area contributed by atoms with Gasteiger partial charge in [-0.05, 0) is 91.6 Å². The van der Waals surface area contributed by atoms with Gasteiger partial charge in [0.15, 0.2) is 0 Å². The van der Waals surface area contributed by atoms with Crippen molar-refractivity contribution < 1.29 is 19.5 Å². The fourth-order valence-corrected chi connectivity index (χ4v) is 6.67. The molecule has 0 unspecified atom stereocenters. The molecule has 2 aliphatic carbocycles. The number of anilines is 1. The Morgan fingerprint density at radius 3 is 2.49 bits per heavy atom. The molecule has 8 nitrogen and oxygen atoms in total. The number of carbonyl (C=O) groups is 3. The highest BCUT2D eigenvalue weighted by atomic mass is 35.5. The van der Waals surface area contributed by atoms with E-state index in [-0.39, 0.29) is 11.8 Å². The number of carbonyl (C=O) groups excluding carboxylic acids is 2. The first-order valence-corrected chi connectivity index (χ1v) is 15.0. The second kappa shape index (κ2) is 11.7. The van der Waals surface area contributed by atoms with Crippen LogP contribution in [-0.2, 0) is 16.6 Å². The number of halogens is 1. The monoisotopic (exact) mass is 596 g/mol. The van der Waals surface area contributed by atoms with Crippen LogP contribution in [0.3, 0.4) is 0 Å². The largest absolute Gasteiger partial charge is 0.478 e. The molecule has 2 heterocycles. The molecule has 9 heteroatoms. The Balaban J connectivity index is 1.26. The minimum absolute atomic E-state index is 0.299. The third kappa shape index (κ3) is 5.55. The number of hydrogen-bond donors (Lipinski definition) is 3. The SMILES string of the molecule is Cn1c(-c2ccccn2)c(C2CCCC2)c2ccc(C(=O)NC3(C(=O)Nc4ccc(/C=C/C(=O)O)c(Cl)c4)CCC3)cc21. The van der Waals surface area contributed by atoms with E-state index >= 15 is 0 Å². The van der Waals surface area contributed by atoms with Crippen molar-refractivity contribution in [2.45, 2.75) is 56.4 Å². The minimum atomic E-state index is -1.08. The van der Waals surface area contributed by atoms with E-state index in [1.807, 2.05) is 49.6 Å². The van der Waals surface area contributed by atoms with Crippen LogP contribution in [-0.4, -0.2) is 38.0 Å². The smallest absolute Gasteiger partial charge is 0.328 e. The molecule has 0 saturated heterocycles. The van der Waals surface area contributed by atoms with Crippen LogP contribution in [0.2, 0.25) is 5.02 Å². The Labute approximate surface area is 254 Å². The van der Waals surface area contributed by atoms with Crippen molar-refractivity contribution in [1.82, 2.24) is 14.9 Å². The molecule has 2 fully saturated rings. The summed E-state index contributed by atoms with van der Waals surface area (Å²) in [5.74, 6) is -1.23. The first kappa shape index (κ1) is 28.7. The van der Waals surface area contributed by atoms with Crippen LogP contribution < -0.4 is 10.6 Å². The van der Waals surface area contributed by atoms with Gasteiger partial charge in [0.1, 0.15) is 5.54 Å². The van der Waals surface area contributed by atoms with Gasteiger partial charge in [-0.15, -0.1) is 0 Å². The molecule has 0 radical (unpaired) electrons. The second-order valence-corrected chi connectivity index (χ2v) is 11.9. The highest BCUT2D eigenvalue weighted by Crippen LogP contribution is 2.44. The molecule has 2 aromatic heterocycles. The molecular formula is C34H33ClN4O4. The lowest BCUT2D eigenvalue weighted by atomic mass is 9.75. The van der Waals surface area contributed by atoms with Gasteiger partial charge in [-0.2, -0.15) is 0 Å². The van der Waals surface area contributed by atoms with Gasteiger partial charge in [0.2, 0.25) is 5.91 Å². The number of nitrogens with one attached hydrogen (secondary N) is 2. The van der Waals surface area contributed by atoms with Crippen LogP contribution in [0.1, 0.15) is 72.3 Å². The van der Waals surface area contributed by atoms with Gasteiger partial charge in [-0.3, -0.25) is 14.6 Å². The number of amides is 2. The number of rotatable bonds is 8. The van der Waals surface area contributed by atoms with Crippen molar-refractivity contribution in [3.05, 3.63) is 88.6 Å². The summed E-state index contributed by atoms with van der Waals surface area (Å²) in [6, 6.07) is 16.6. The summed E-state index contributed by atoms with van der Waals surface area (Å²) in [6.07, 6.45) is 10.8. The van der Waals surface area contributed by atoms with Gasteiger partial charge in [0.25, 0.3) is 5.91 Å². The molecule has 0 spiro atoms. The van der Waals surface area contributed by atoms with Crippen molar-refractivity contribution in [1.29, 1.82) is 0 Å². The van der Waals surface area contributed by atoms with E-state index in [1.165, 1.54) is 24.5 Å². The van der Waals surface area contributed by atoms with E-state index < -0.39 is 11.5 Å². The molecule has 2 aliphatic rings. The number of hydrogen-bond acceptors (Lipinski definition) is 4. The molecule has 0 atom stereocenters. The number of aryl methyl sites for hydroxylation is 1. The van der Waals surface area contributed by atoms with Crippen molar-refractivity contribution in [2.75, 3.05) is 5.32 Å². The van der Waals surface area contributed by atoms with Gasteiger partial charge in [-0.25, -0.2) is 4.79 Å². The van der Waals surface area contributed by atoms with E-state index in [0.717, 1.165) is 47.6 Å². The average molecular weight is 597 g/mol. The normalized spacial score (nSPS) is 16.3. The number of carboxylic acid groups (broad SMARTS) is 1. The van der Waals surface area contributed by atoms with Gasteiger partial charge in [0, 0.05) is 46.5 Å². The quantitative estimate of drug-likeness (QED) is 0.191. The lowest BCUT2D eigenvalue weighted by Crippen LogP contribution is -2.61. The molecule has 2 amide bonds. The maximum atomic E-state index is 13.6. The highest BCUT2D eigenvalue weighted by Gasteiger charge is 2.45. The molecular weight excluding hydrogens is 564 g/mol. The summed E-state index contributed by atoms with van der Waals surface area (Å²) in [5, 5.41) is 16.2. The second-order valence-electron chi connectivity index (χ2n) is 11.5. The number of fused-ring (bicyclic) bond motifs is 1. The third-order valence-corrected chi connectivity index (χ3v) is 9.16. The van der Waals surface area contributed by atoms with Crippen molar-refractivity contribution in [2.24, 2.45) is 7.05 Å². The topological polar surface area (TPSA) is 113 Å². The van der Waals surface area contributed by atoms with Gasteiger partial charge in [0.05, 0.1) is 11.4 Å². The zero-order valence-corrected chi connectivity index (χ0v) is 24.7. The third-order valence-electron chi connectivity index (χ3n) is 8.83. The average Bonchev–Trinajstić information content (AvgIpc) is 3.60. The van der Waals surface area contributed by atoms with Crippen LogP contribution in [0, 0.1) is 0 Å². The van der Waals surface area contributed by atoms with E-state index in [4.69, 9.17) is 16.7 Å². The Morgan fingerprint density at radius 1 is 1.05 bits per heavy atom. The van der Waals surface area contributed by atoms with Crippen molar-refractivity contribution in [3.63, 3.8) is 0 Å². The van der Waals surface area contributed by atoms with Crippen molar-refractivity contribution >= 4 is 52.1 Å². The molecule has 4 aromatic rings. The van der Waals surface area contributed by atoms with Gasteiger partial charge < -0.3 is 20.3 Å². The van der Waals surface area contributed by atoms with Crippen LogP contribution in [0.25, 0.3) is 28.4 Å². The summed E-state index contributed by atoms with van der Waals surface area (Å²) >= 11 is 6.31. The van der Waals surface area contributed by atoms with E-state index in [2.05, 4.69) is 20.2 Å². The van der Waals surface area contributed by atoms with Crippen LogP contribution in [0.4, 0.5) is 5.69 Å². The zero-order valence-electron chi connectivity index (χ0n) is 23.9. The maximum Gasteiger partial charge on any atom is 0.328 e. The van der Waals surface area contributed by atoms with E-state index in [0.29, 0.717) is 40.6 Å². The molecule has 43 heavy (non-hydrogen) atoms. The molecule has 6 rings (SSSR count). The molecule has 2 saturated carbocycles. The number of nitrogens with zero attached hydrogens (tertiary/aromatic N) is 2. The Bertz CT molecular complexity index is 1750. The molecule has 0 bridgehead atoms. The summed E-state index contributed by atoms with van der Waals surface area (Å²) in [6.45, 7) is 0. The summed E-state index contributed by atoms with van der Waals surface area (Å²) in [5.41, 5.74) is 4.75. The van der Waals surface area contributed by atoms with Crippen LogP contribution >= 0.6 is 11.6 Å². The highest BCUT2D eigenvalue weighted by molar-refractivity contribution is 6.32. The van der Waals surface area contributed by atoms with Gasteiger partial charge >= 0.3 is 5.97 Å². The minimum Gasteiger partial charge on any atom is -0.478 e. The Kier molecular flexibility index (Phi) is 7.79. The molecule has 3 N–H and O–H groups in total. The number of benzene rings is 2. The first-order chi connectivity index (χ1) is 20.8. The van der Waals surface area contributed by atoms with E-state index in [9.17, 15) is 14.4 Å². The predicted octanol–water partition coefficient (Wildman–Crippen LogP) is 6.94. The number of carboxylic acids is 1. The van der Waals surface area contributed by atoms with Crippen LogP contribution in [0.5, 0.6) is 0 Å². The fourth-order valence-electron chi connectivity index (χ4n) is 6.43. The lowest BCUT2D eigenvalue weighted by molar-refractivity contribution is -0.131. The number of aromatic nitrogens is 2. The van der Waals surface area contributed by atoms with E-state index in [1.54, 1.807) is 18.2 Å². The first-order valence-electron chi connectivity index (χ1n) is 14.6. The zero-order chi connectivity index (χ0) is 30.1. The van der Waals surface area contributed by atoms with Gasteiger partial charge in [-0.1, -0.05) is 42.6 Å². The maximum absolute atomic E-state index is 13.6. The number of aliphatic carboxylic acids is 1. The lowest BCUT2D eigenvalue weighted by Gasteiger charge is -2.40. The summed E-state index contributed by atoms with van der Waals surface area (Å²) in [7, 11) is 2.03. The van der Waals surface area contributed by atoms with Crippen LogP contribution in [0.15, 0.2) is 66.9 Å².